The minimum Gasteiger partial charge on any atom is -0.493 e. The van der Waals surface area contributed by atoms with Crippen LogP contribution in [0.4, 0.5) is 0 Å². The Bertz CT molecular complexity index is 1210. The van der Waals surface area contributed by atoms with Crippen molar-refractivity contribution in [3.63, 3.8) is 0 Å². The summed E-state index contributed by atoms with van der Waals surface area (Å²) in [5.74, 6) is 0.630. The van der Waals surface area contributed by atoms with Crippen molar-refractivity contribution in [3.8, 4) is 17.6 Å². The number of Topliss-reactive ketones (excluding diaryl/α,β-unsaturated/α-hetero) is 1. The van der Waals surface area contributed by atoms with Crippen molar-refractivity contribution in [2.45, 2.75) is 6.10 Å². The molecule has 0 saturated carbocycles. The lowest BCUT2D eigenvalue weighted by atomic mass is 9.99. The van der Waals surface area contributed by atoms with E-state index in [1.165, 1.54) is 7.11 Å². The first-order valence-corrected chi connectivity index (χ1v) is 9.11. The Balaban J connectivity index is 1.77. The lowest BCUT2D eigenvalue weighted by Crippen LogP contribution is -2.19. The summed E-state index contributed by atoms with van der Waals surface area (Å²) in [4.78, 5) is 16.6. The number of nitriles is 1. The molecule has 0 amide bonds. The Hall–Kier alpha value is -4.04. The number of rotatable bonds is 6. The van der Waals surface area contributed by atoms with Gasteiger partial charge in [0.1, 0.15) is 0 Å². The van der Waals surface area contributed by atoms with Crippen LogP contribution in [0, 0.1) is 11.3 Å². The number of H-pyrrole nitrogens is 1. The minimum atomic E-state index is -0.864. The van der Waals surface area contributed by atoms with E-state index in [2.05, 4.69) is 11.1 Å². The van der Waals surface area contributed by atoms with Gasteiger partial charge in [-0.2, -0.15) is 5.26 Å². The first-order valence-electron chi connectivity index (χ1n) is 9.11. The number of ether oxygens (including phenoxy) is 2. The highest BCUT2D eigenvalue weighted by atomic mass is 16.5. The largest absolute Gasteiger partial charge is 0.493 e. The summed E-state index contributed by atoms with van der Waals surface area (Å²) in [6.07, 6.45) is 0.847. The van der Waals surface area contributed by atoms with Crippen molar-refractivity contribution >= 4 is 16.7 Å². The number of nitrogens with zero attached hydrogens (tertiary/aromatic N) is 1. The van der Waals surface area contributed by atoms with Crippen molar-refractivity contribution in [3.05, 3.63) is 95.7 Å². The van der Waals surface area contributed by atoms with Crippen LogP contribution >= 0.6 is 0 Å². The number of hydrogen-bond donors (Lipinski definition) is 1. The van der Waals surface area contributed by atoms with Crippen LogP contribution in [-0.2, 0) is 0 Å². The van der Waals surface area contributed by atoms with Crippen molar-refractivity contribution < 1.29 is 14.3 Å². The molecular weight excluding hydrogens is 364 g/mol. The highest BCUT2D eigenvalue weighted by molar-refractivity contribution is 6.10. The number of para-hydroxylation sites is 1. The van der Waals surface area contributed by atoms with Crippen LogP contribution in [-0.4, -0.2) is 17.9 Å². The highest BCUT2D eigenvalue weighted by Crippen LogP contribution is 2.34. The maximum atomic E-state index is 13.5. The fourth-order valence-electron chi connectivity index (χ4n) is 3.28. The fraction of sp³-hybridized carbons (Fsp3) is 0.0833. The number of fused-ring (bicyclic) bond motifs is 1. The number of carbonyl (C=O) groups excluding carboxylic acids is 1. The summed E-state index contributed by atoms with van der Waals surface area (Å²) >= 11 is 0. The maximum absolute atomic E-state index is 13.5. The molecule has 0 aliphatic carbocycles. The number of ketones is 1. The normalized spacial score (nSPS) is 11.6. The fourth-order valence-corrected chi connectivity index (χ4v) is 3.28. The molecular formula is C24H18N2O3. The molecule has 0 bridgehead atoms. The molecule has 3 aromatic carbocycles. The van der Waals surface area contributed by atoms with Gasteiger partial charge in [0.05, 0.1) is 18.7 Å². The van der Waals surface area contributed by atoms with Gasteiger partial charge < -0.3 is 14.5 Å². The average Bonchev–Trinajstić information content (AvgIpc) is 3.22. The second kappa shape index (κ2) is 7.91. The molecule has 29 heavy (non-hydrogen) atoms. The summed E-state index contributed by atoms with van der Waals surface area (Å²) in [6, 6.07) is 23.9. The van der Waals surface area contributed by atoms with E-state index in [-0.39, 0.29) is 5.78 Å². The Morgan fingerprint density at radius 1 is 1.00 bits per heavy atom. The van der Waals surface area contributed by atoms with Gasteiger partial charge in [0.15, 0.2) is 17.6 Å². The van der Waals surface area contributed by atoms with Gasteiger partial charge >= 0.3 is 0 Å². The van der Waals surface area contributed by atoms with Gasteiger partial charge in [-0.05, 0) is 18.2 Å². The molecule has 0 aliphatic heterocycles. The van der Waals surface area contributed by atoms with E-state index in [0.29, 0.717) is 22.6 Å². The highest BCUT2D eigenvalue weighted by Gasteiger charge is 2.27. The summed E-state index contributed by atoms with van der Waals surface area (Å²) in [5, 5.41) is 9.96. The predicted octanol–water partition coefficient (Wildman–Crippen LogP) is 5.05. The second-order valence-electron chi connectivity index (χ2n) is 6.50. The molecule has 0 radical (unpaired) electrons. The molecule has 1 aromatic heterocycles. The van der Waals surface area contributed by atoms with Gasteiger partial charge in [0.25, 0.3) is 0 Å². The summed E-state index contributed by atoms with van der Waals surface area (Å²) in [5.41, 5.74) is 2.63. The monoisotopic (exact) mass is 382 g/mol. The molecule has 1 N–H and O–H groups in total. The Morgan fingerprint density at radius 2 is 1.76 bits per heavy atom. The number of carbonyl (C=O) groups is 1. The average molecular weight is 382 g/mol. The maximum Gasteiger partial charge on any atom is 0.210 e. The molecule has 0 unspecified atom stereocenters. The number of nitrogens with one attached hydrogen (secondary N) is 1. The molecule has 0 aliphatic rings. The lowest BCUT2D eigenvalue weighted by molar-refractivity contribution is 0.0789. The minimum absolute atomic E-state index is 0.167. The zero-order valence-electron chi connectivity index (χ0n) is 15.8. The number of benzene rings is 3. The Morgan fingerprint density at radius 3 is 2.52 bits per heavy atom. The van der Waals surface area contributed by atoms with E-state index in [0.717, 1.165) is 16.5 Å². The molecule has 1 heterocycles. The van der Waals surface area contributed by atoms with Gasteiger partial charge in [0.2, 0.25) is 5.78 Å². The zero-order chi connectivity index (χ0) is 20.2. The van der Waals surface area contributed by atoms with Crippen LogP contribution in [0.2, 0.25) is 0 Å². The molecule has 4 rings (SSSR count). The third kappa shape index (κ3) is 3.56. The van der Waals surface area contributed by atoms with E-state index < -0.39 is 6.10 Å². The summed E-state index contributed by atoms with van der Waals surface area (Å²) < 4.78 is 11.5. The van der Waals surface area contributed by atoms with Crippen LogP contribution in [0.25, 0.3) is 10.9 Å². The van der Waals surface area contributed by atoms with Gasteiger partial charge in [-0.1, -0.05) is 48.5 Å². The van der Waals surface area contributed by atoms with E-state index >= 15 is 0 Å². The molecule has 0 saturated heterocycles. The lowest BCUT2D eigenvalue weighted by Gasteiger charge is -2.20. The summed E-state index contributed by atoms with van der Waals surface area (Å²) in [7, 11) is 1.50. The Labute approximate surface area is 168 Å². The predicted molar refractivity (Wildman–Crippen MR) is 110 cm³/mol. The molecule has 4 aromatic rings. The Kier molecular flexibility index (Phi) is 5.00. The number of aromatic nitrogens is 1. The van der Waals surface area contributed by atoms with Crippen LogP contribution in [0.5, 0.6) is 11.5 Å². The van der Waals surface area contributed by atoms with Gasteiger partial charge in [0, 0.05) is 34.3 Å². The molecule has 5 nitrogen and oxygen atoms in total. The van der Waals surface area contributed by atoms with E-state index in [1.807, 2.05) is 54.6 Å². The van der Waals surface area contributed by atoms with Crippen molar-refractivity contribution in [2.75, 3.05) is 7.11 Å². The number of methoxy groups -OCH3 is 1. The van der Waals surface area contributed by atoms with Gasteiger partial charge in [-0.15, -0.1) is 0 Å². The second-order valence-corrected chi connectivity index (χ2v) is 6.50. The van der Waals surface area contributed by atoms with Crippen LogP contribution in [0.3, 0.4) is 0 Å². The van der Waals surface area contributed by atoms with E-state index in [9.17, 15) is 4.79 Å². The summed E-state index contributed by atoms with van der Waals surface area (Å²) in [6.45, 7) is 0. The molecule has 1 atom stereocenters. The smallest absolute Gasteiger partial charge is 0.210 e. The first kappa shape index (κ1) is 18.3. The SMILES string of the molecule is COc1cc(C#N)ccc1O[C@@H](C(=O)c1c[nH]c2ccccc12)c1ccccc1. The molecule has 0 spiro atoms. The van der Waals surface area contributed by atoms with Gasteiger partial charge in [-0.25, -0.2) is 0 Å². The van der Waals surface area contributed by atoms with Gasteiger partial charge in [-0.3, -0.25) is 4.79 Å². The topological polar surface area (TPSA) is 75.1 Å². The zero-order valence-corrected chi connectivity index (χ0v) is 15.8. The molecule has 0 fully saturated rings. The number of hydrogen-bond acceptors (Lipinski definition) is 4. The molecule has 5 heteroatoms. The standard InChI is InChI=1S/C24H18N2O3/c1-28-22-13-16(14-25)11-12-21(22)29-24(17-7-3-2-4-8-17)23(27)19-15-26-20-10-6-5-9-18(19)20/h2-13,15,24,26H,1H3/t24-/m1/s1. The number of aromatic amines is 1. The van der Waals surface area contributed by atoms with Crippen molar-refractivity contribution in [2.24, 2.45) is 0 Å². The molecule has 142 valence electrons. The third-order valence-electron chi connectivity index (χ3n) is 4.73. The first-order chi connectivity index (χ1) is 14.2. The van der Waals surface area contributed by atoms with Crippen LogP contribution < -0.4 is 9.47 Å². The van der Waals surface area contributed by atoms with Crippen LogP contribution in [0.15, 0.2) is 79.0 Å². The van der Waals surface area contributed by atoms with E-state index in [1.54, 1.807) is 24.4 Å². The third-order valence-corrected chi connectivity index (χ3v) is 4.73. The van der Waals surface area contributed by atoms with E-state index in [4.69, 9.17) is 14.7 Å². The van der Waals surface area contributed by atoms with Crippen LogP contribution in [0.1, 0.15) is 27.6 Å². The van der Waals surface area contributed by atoms with Crippen molar-refractivity contribution in [1.29, 1.82) is 5.26 Å². The van der Waals surface area contributed by atoms with Crippen molar-refractivity contribution in [1.82, 2.24) is 4.98 Å². The quantitative estimate of drug-likeness (QED) is 0.474.